The minimum atomic E-state index is -0.362. The maximum atomic E-state index is 13.4. The SMILES string of the molecule is O=C(CN1CCC(c2ccccc2)CC1)N1CCC2(CCCCc3ccccc3OCCCNC2=O)CC1. The molecule has 38 heavy (non-hydrogen) atoms. The van der Waals surface area contributed by atoms with Gasteiger partial charge in [-0.2, -0.15) is 0 Å². The first-order chi connectivity index (χ1) is 18.6. The van der Waals surface area contributed by atoms with Crippen LogP contribution in [0.3, 0.4) is 0 Å². The molecule has 0 aromatic heterocycles. The smallest absolute Gasteiger partial charge is 0.236 e. The van der Waals surface area contributed by atoms with Gasteiger partial charge in [0.15, 0.2) is 0 Å². The van der Waals surface area contributed by atoms with Crippen molar-refractivity contribution in [2.24, 2.45) is 5.41 Å². The van der Waals surface area contributed by atoms with Gasteiger partial charge in [-0.25, -0.2) is 0 Å². The molecule has 0 aliphatic carbocycles. The molecular formula is C32H43N3O3. The number of para-hydroxylation sites is 1. The van der Waals surface area contributed by atoms with E-state index in [4.69, 9.17) is 4.74 Å². The number of aryl methyl sites for hydroxylation is 1. The van der Waals surface area contributed by atoms with Crippen LogP contribution in [-0.2, 0) is 16.0 Å². The van der Waals surface area contributed by atoms with Crippen molar-refractivity contribution in [2.75, 3.05) is 45.9 Å². The third-order valence-electron chi connectivity index (χ3n) is 8.96. The van der Waals surface area contributed by atoms with Crippen molar-refractivity contribution in [3.8, 4) is 5.75 Å². The van der Waals surface area contributed by atoms with Crippen molar-refractivity contribution in [2.45, 2.75) is 63.7 Å². The number of benzene rings is 2. The zero-order valence-electron chi connectivity index (χ0n) is 22.7. The lowest BCUT2D eigenvalue weighted by molar-refractivity contribution is -0.141. The molecule has 3 aliphatic heterocycles. The Bertz CT molecular complexity index is 1060. The van der Waals surface area contributed by atoms with Gasteiger partial charge in [-0.1, -0.05) is 55.0 Å². The van der Waals surface area contributed by atoms with Crippen molar-refractivity contribution < 1.29 is 14.3 Å². The fourth-order valence-electron chi connectivity index (χ4n) is 6.49. The first-order valence-electron chi connectivity index (χ1n) is 14.7. The van der Waals surface area contributed by atoms with Gasteiger partial charge in [-0.3, -0.25) is 14.5 Å². The highest BCUT2D eigenvalue weighted by Gasteiger charge is 2.41. The second-order valence-electron chi connectivity index (χ2n) is 11.4. The van der Waals surface area contributed by atoms with E-state index in [1.807, 2.05) is 17.0 Å². The van der Waals surface area contributed by atoms with Crippen molar-refractivity contribution in [3.05, 3.63) is 65.7 Å². The Hall–Kier alpha value is -2.86. The Labute approximate surface area is 227 Å². The van der Waals surface area contributed by atoms with Crippen LogP contribution in [0, 0.1) is 5.41 Å². The summed E-state index contributed by atoms with van der Waals surface area (Å²) in [5.41, 5.74) is 2.31. The molecule has 2 aromatic carbocycles. The predicted molar refractivity (Wildman–Crippen MR) is 150 cm³/mol. The average Bonchev–Trinajstić information content (AvgIpc) is 2.97. The van der Waals surface area contributed by atoms with Crippen molar-refractivity contribution in [1.82, 2.24) is 15.1 Å². The van der Waals surface area contributed by atoms with Crippen molar-refractivity contribution >= 4 is 11.8 Å². The summed E-state index contributed by atoms with van der Waals surface area (Å²) in [6.07, 6.45) is 8.43. The molecule has 1 N–H and O–H groups in total. The van der Waals surface area contributed by atoms with E-state index in [1.165, 1.54) is 11.1 Å². The van der Waals surface area contributed by atoms with Crippen LogP contribution in [0.25, 0.3) is 0 Å². The lowest BCUT2D eigenvalue weighted by Crippen LogP contribution is -2.52. The summed E-state index contributed by atoms with van der Waals surface area (Å²) in [6.45, 7) is 5.04. The molecule has 2 aromatic rings. The molecule has 6 nitrogen and oxygen atoms in total. The number of likely N-dealkylation sites (tertiary alicyclic amines) is 2. The van der Waals surface area contributed by atoms with Gasteiger partial charge in [-0.15, -0.1) is 0 Å². The summed E-state index contributed by atoms with van der Waals surface area (Å²) in [4.78, 5) is 30.9. The third kappa shape index (κ3) is 6.58. The fourth-order valence-corrected chi connectivity index (χ4v) is 6.49. The standard InChI is InChI=1S/C32H43N3O3/c36-30(25-34-20-14-27(15-21-34)26-9-2-1-3-10-26)35-22-17-32(18-23-35)16-7-6-12-28-11-4-5-13-29(28)38-24-8-19-33-31(32)37/h1-5,9-11,13,27H,6-8,12,14-25H2,(H,33,37). The van der Waals surface area contributed by atoms with Gasteiger partial charge in [-0.05, 0) is 87.6 Å². The Morgan fingerprint density at radius 1 is 0.895 bits per heavy atom. The highest BCUT2D eigenvalue weighted by Crippen LogP contribution is 2.38. The van der Waals surface area contributed by atoms with Gasteiger partial charge < -0.3 is 15.0 Å². The topological polar surface area (TPSA) is 61.9 Å². The number of piperidine rings is 2. The van der Waals surface area contributed by atoms with Crippen LogP contribution in [0.5, 0.6) is 5.75 Å². The summed E-state index contributed by atoms with van der Waals surface area (Å²) in [5, 5.41) is 3.20. The largest absolute Gasteiger partial charge is 0.493 e. The first-order valence-corrected chi connectivity index (χ1v) is 14.7. The maximum Gasteiger partial charge on any atom is 0.236 e. The van der Waals surface area contributed by atoms with Gasteiger partial charge in [0.05, 0.1) is 18.6 Å². The van der Waals surface area contributed by atoms with Crippen LogP contribution in [-0.4, -0.2) is 67.5 Å². The van der Waals surface area contributed by atoms with Crippen LogP contribution in [0.4, 0.5) is 0 Å². The highest BCUT2D eigenvalue weighted by atomic mass is 16.5. The lowest BCUT2D eigenvalue weighted by Gasteiger charge is -2.41. The van der Waals surface area contributed by atoms with Crippen LogP contribution >= 0.6 is 0 Å². The summed E-state index contributed by atoms with van der Waals surface area (Å²) < 4.78 is 6.01. The zero-order valence-corrected chi connectivity index (χ0v) is 22.7. The van der Waals surface area contributed by atoms with Gasteiger partial charge in [0.2, 0.25) is 11.8 Å². The van der Waals surface area contributed by atoms with Crippen LogP contribution < -0.4 is 10.1 Å². The summed E-state index contributed by atoms with van der Waals surface area (Å²) in [5.74, 6) is 1.96. The summed E-state index contributed by atoms with van der Waals surface area (Å²) in [7, 11) is 0. The number of hydrogen-bond acceptors (Lipinski definition) is 4. The molecule has 3 aliphatic rings. The Morgan fingerprint density at radius 2 is 1.63 bits per heavy atom. The maximum absolute atomic E-state index is 13.4. The summed E-state index contributed by atoms with van der Waals surface area (Å²) in [6, 6.07) is 19.1. The lowest BCUT2D eigenvalue weighted by atomic mass is 9.73. The fraction of sp³-hybridized carbons (Fsp3) is 0.562. The molecule has 0 atom stereocenters. The van der Waals surface area contributed by atoms with E-state index in [1.54, 1.807) is 0 Å². The van der Waals surface area contributed by atoms with E-state index in [2.05, 4.69) is 52.7 Å². The monoisotopic (exact) mass is 517 g/mol. The number of hydrogen-bond donors (Lipinski definition) is 1. The molecule has 204 valence electrons. The number of ether oxygens (including phenoxy) is 1. The zero-order chi connectivity index (χ0) is 26.2. The Kier molecular flexibility index (Phi) is 9.00. The van der Waals surface area contributed by atoms with Gasteiger partial charge >= 0.3 is 0 Å². The molecule has 6 heteroatoms. The first kappa shape index (κ1) is 26.7. The van der Waals surface area contributed by atoms with E-state index in [0.29, 0.717) is 38.7 Å². The second kappa shape index (κ2) is 12.8. The molecule has 1 spiro atoms. The third-order valence-corrected chi connectivity index (χ3v) is 8.96. The molecule has 5 rings (SSSR count). The predicted octanol–water partition coefficient (Wildman–Crippen LogP) is 4.79. The number of carbonyl (C=O) groups excluding carboxylic acids is 2. The van der Waals surface area contributed by atoms with Crippen LogP contribution in [0.1, 0.15) is 68.4 Å². The van der Waals surface area contributed by atoms with E-state index >= 15 is 0 Å². The van der Waals surface area contributed by atoms with Gasteiger partial charge in [0, 0.05) is 19.6 Å². The number of nitrogens with zero attached hydrogens (tertiary/aromatic N) is 2. The molecule has 2 fully saturated rings. The van der Waals surface area contributed by atoms with Gasteiger partial charge in [0.1, 0.15) is 5.75 Å². The molecule has 0 radical (unpaired) electrons. The minimum absolute atomic E-state index is 0.171. The molecule has 0 bridgehead atoms. The highest BCUT2D eigenvalue weighted by molar-refractivity contribution is 5.83. The van der Waals surface area contributed by atoms with E-state index in [0.717, 1.165) is 76.6 Å². The number of amides is 2. The number of carbonyl (C=O) groups is 2. The molecule has 2 saturated heterocycles. The van der Waals surface area contributed by atoms with Gasteiger partial charge in [0.25, 0.3) is 0 Å². The normalized spacial score (nSPS) is 21.8. The molecular weight excluding hydrogens is 474 g/mol. The Balaban J connectivity index is 1.12. The Morgan fingerprint density at radius 3 is 2.42 bits per heavy atom. The quantitative estimate of drug-likeness (QED) is 0.636. The van der Waals surface area contributed by atoms with E-state index in [-0.39, 0.29) is 17.2 Å². The molecule has 0 unspecified atom stereocenters. The van der Waals surface area contributed by atoms with E-state index in [9.17, 15) is 9.59 Å². The molecule has 3 heterocycles. The summed E-state index contributed by atoms with van der Waals surface area (Å²) >= 11 is 0. The molecule has 0 saturated carbocycles. The van der Waals surface area contributed by atoms with Crippen LogP contribution in [0.15, 0.2) is 54.6 Å². The van der Waals surface area contributed by atoms with Crippen LogP contribution in [0.2, 0.25) is 0 Å². The van der Waals surface area contributed by atoms with Crippen molar-refractivity contribution in [3.63, 3.8) is 0 Å². The second-order valence-corrected chi connectivity index (χ2v) is 11.4. The number of fused-ring (bicyclic) bond motifs is 1. The van der Waals surface area contributed by atoms with E-state index < -0.39 is 0 Å². The average molecular weight is 518 g/mol. The van der Waals surface area contributed by atoms with Crippen molar-refractivity contribution in [1.29, 1.82) is 0 Å². The molecule has 2 amide bonds. The number of rotatable bonds is 3. The number of nitrogens with one attached hydrogen (secondary N) is 1. The minimum Gasteiger partial charge on any atom is -0.493 e.